The molecule has 0 fully saturated rings. The predicted octanol–water partition coefficient (Wildman–Crippen LogP) is 2.59. The van der Waals surface area contributed by atoms with E-state index in [1.165, 1.54) is 12.8 Å². The number of hydrogen-bond donors (Lipinski definition) is 1. The van der Waals surface area contributed by atoms with E-state index in [4.69, 9.17) is 9.47 Å². The molecule has 16 heavy (non-hydrogen) atoms. The fourth-order valence-corrected chi connectivity index (χ4v) is 1.50. The summed E-state index contributed by atoms with van der Waals surface area (Å²) >= 11 is 0. The Morgan fingerprint density at radius 3 is 2.00 bits per heavy atom. The van der Waals surface area contributed by atoms with Gasteiger partial charge < -0.3 is 14.8 Å². The SMILES string of the molecule is CCC(CC)NCC(C)OCCOC(C)C. The summed E-state index contributed by atoms with van der Waals surface area (Å²) in [4.78, 5) is 0. The summed E-state index contributed by atoms with van der Waals surface area (Å²) in [5.74, 6) is 0. The van der Waals surface area contributed by atoms with Gasteiger partial charge in [-0.05, 0) is 33.6 Å². The Morgan fingerprint density at radius 1 is 0.938 bits per heavy atom. The van der Waals surface area contributed by atoms with Crippen molar-refractivity contribution < 1.29 is 9.47 Å². The van der Waals surface area contributed by atoms with Crippen molar-refractivity contribution in [2.24, 2.45) is 0 Å². The van der Waals surface area contributed by atoms with Gasteiger partial charge in [0.15, 0.2) is 0 Å². The highest BCUT2D eigenvalue weighted by Crippen LogP contribution is 1.98. The lowest BCUT2D eigenvalue weighted by atomic mass is 10.1. The Balaban J connectivity index is 3.40. The van der Waals surface area contributed by atoms with E-state index in [1.807, 2.05) is 13.8 Å². The third kappa shape index (κ3) is 9.13. The van der Waals surface area contributed by atoms with Gasteiger partial charge in [0.1, 0.15) is 0 Å². The average Bonchev–Trinajstić information content (AvgIpc) is 2.25. The molecule has 0 aromatic heterocycles. The van der Waals surface area contributed by atoms with Gasteiger partial charge in [0.25, 0.3) is 0 Å². The lowest BCUT2D eigenvalue weighted by Crippen LogP contribution is -2.35. The summed E-state index contributed by atoms with van der Waals surface area (Å²) < 4.78 is 11.1. The maximum atomic E-state index is 5.64. The molecular formula is C13H29NO2. The van der Waals surface area contributed by atoms with Crippen LogP contribution in [-0.4, -0.2) is 38.0 Å². The van der Waals surface area contributed by atoms with Gasteiger partial charge in [0, 0.05) is 12.6 Å². The highest BCUT2D eigenvalue weighted by molar-refractivity contribution is 4.64. The summed E-state index contributed by atoms with van der Waals surface area (Å²) in [7, 11) is 0. The molecule has 0 radical (unpaired) electrons. The number of ether oxygens (including phenoxy) is 2. The summed E-state index contributed by atoms with van der Waals surface area (Å²) in [5, 5.41) is 3.50. The summed E-state index contributed by atoms with van der Waals surface area (Å²) in [5.41, 5.74) is 0. The molecule has 98 valence electrons. The van der Waals surface area contributed by atoms with Gasteiger partial charge in [0.05, 0.1) is 25.4 Å². The molecule has 0 aromatic rings. The minimum atomic E-state index is 0.261. The highest BCUT2D eigenvalue weighted by atomic mass is 16.5. The molecule has 0 bridgehead atoms. The smallest absolute Gasteiger partial charge is 0.0704 e. The zero-order valence-electron chi connectivity index (χ0n) is 11.6. The third-order valence-corrected chi connectivity index (χ3v) is 2.62. The van der Waals surface area contributed by atoms with Gasteiger partial charge in [-0.1, -0.05) is 13.8 Å². The van der Waals surface area contributed by atoms with Gasteiger partial charge in [-0.2, -0.15) is 0 Å². The van der Waals surface area contributed by atoms with E-state index in [2.05, 4.69) is 26.1 Å². The van der Waals surface area contributed by atoms with Crippen LogP contribution in [0.1, 0.15) is 47.5 Å². The highest BCUT2D eigenvalue weighted by Gasteiger charge is 2.06. The number of hydrogen-bond acceptors (Lipinski definition) is 3. The molecule has 0 saturated carbocycles. The van der Waals surface area contributed by atoms with Gasteiger partial charge in [0.2, 0.25) is 0 Å². The Morgan fingerprint density at radius 2 is 1.50 bits per heavy atom. The molecule has 3 heteroatoms. The molecule has 0 rings (SSSR count). The van der Waals surface area contributed by atoms with Crippen LogP contribution >= 0.6 is 0 Å². The van der Waals surface area contributed by atoms with Crippen molar-refractivity contribution in [2.45, 2.75) is 65.7 Å². The molecule has 0 heterocycles. The van der Waals surface area contributed by atoms with Crippen molar-refractivity contribution in [3.8, 4) is 0 Å². The second kappa shape index (κ2) is 10.1. The van der Waals surface area contributed by atoms with E-state index in [-0.39, 0.29) is 6.10 Å². The van der Waals surface area contributed by atoms with E-state index >= 15 is 0 Å². The Labute approximate surface area is 101 Å². The molecule has 0 aliphatic carbocycles. The fraction of sp³-hybridized carbons (Fsp3) is 1.00. The van der Waals surface area contributed by atoms with Crippen molar-refractivity contribution in [3.63, 3.8) is 0 Å². The molecular weight excluding hydrogens is 202 g/mol. The van der Waals surface area contributed by atoms with Gasteiger partial charge in [-0.25, -0.2) is 0 Å². The van der Waals surface area contributed by atoms with E-state index in [1.54, 1.807) is 0 Å². The summed E-state index contributed by atoms with van der Waals surface area (Å²) in [6.45, 7) is 12.9. The molecule has 1 N–H and O–H groups in total. The Kier molecular flexibility index (Phi) is 9.99. The average molecular weight is 231 g/mol. The van der Waals surface area contributed by atoms with Crippen molar-refractivity contribution in [3.05, 3.63) is 0 Å². The van der Waals surface area contributed by atoms with Crippen LogP contribution in [0.4, 0.5) is 0 Å². The first-order chi connectivity index (χ1) is 7.60. The molecule has 3 nitrogen and oxygen atoms in total. The van der Waals surface area contributed by atoms with Crippen LogP contribution in [0, 0.1) is 0 Å². The van der Waals surface area contributed by atoms with Gasteiger partial charge in [-0.3, -0.25) is 0 Å². The van der Waals surface area contributed by atoms with E-state index < -0.39 is 0 Å². The maximum absolute atomic E-state index is 5.64. The maximum Gasteiger partial charge on any atom is 0.0704 e. The van der Waals surface area contributed by atoms with Crippen molar-refractivity contribution in [1.82, 2.24) is 5.32 Å². The molecule has 1 atom stereocenters. The largest absolute Gasteiger partial charge is 0.376 e. The molecule has 0 amide bonds. The molecule has 0 aliphatic heterocycles. The van der Waals surface area contributed by atoms with Crippen LogP contribution in [0.3, 0.4) is 0 Å². The van der Waals surface area contributed by atoms with Crippen molar-refractivity contribution >= 4 is 0 Å². The van der Waals surface area contributed by atoms with Crippen molar-refractivity contribution in [2.75, 3.05) is 19.8 Å². The van der Waals surface area contributed by atoms with Crippen molar-refractivity contribution in [1.29, 1.82) is 0 Å². The van der Waals surface area contributed by atoms with Crippen LogP contribution in [0.15, 0.2) is 0 Å². The standard InChI is InChI=1S/C13H29NO2/c1-6-13(7-2)14-10-12(5)16-9-8-15-11(3)4/h11-14H,6-10H2,1-5H3. The van der Waals surface area contributed by atoms with Crippen LogP contribution in [0.2, 0.25) is 0 Å². The zero-order valence-corrected chi connectivity index (χ0v) is 11.6. The molecule has 1 unspecified atom stereocenters. The second-order valence-electron chi connectivity index (χ2n) is 4.52. The van der Waals surface area contributed by atoms with Crippen LogP contribution in [0.25, 0.3) is 0 Å². The minimum Gasteiger partial charge on any atom is -0.376 e. The lowest BCUT2D eigenvalue weighted by molar-refractivity contribution is -0.00681. The lowest BCUT2D eigenvalue weighted by Gasteiger charge is -2.19. The number of rotatable bonds is 10. The monoisotopic (exact) mass is 231 g/mol. The zero-order chi connectivity index (χ0) is 12.4. The minimum absolute atomic E-state index is 0.261. The van der Waals surface area contributed by atoms with E-state index in [9.17, 15) is 0 Å². The molecule has 0 saturated heterocycles. The topological polar surface area (TPSA) is 30.5 Å². The van der Waals surface area contributed by atoms with Crippen LogP contribution in [0.5, 0.6) is 0 Å². The van der Waals surface area contributed by atoms with Gasteiger partial charge in [-0.15, -0.1) is 0 Å². The molecule has 0 aromatic carbocycles. The molecule has 0 aliphatic rings. The first kappa shape index (κ1) is 15.9. The molecule has 0 spiro atoms. The quantitative estimate of drug-likeness (QED) is 0.586. The summed E-state index contributed by atoms with van der Waals surface area (Å²) in [6.07, 6.45) is 2.91. The Bertz CT molecular complexity index is 147. The predicted molar refractivity (Wildman–Crippen MR) is 68.9 cm³/mol. The third-order valence-electron chi connectivity index (χ3n) is 2.62. The van der Waals surface area contributed by atoms with E-state index in [0.717, 1.165) is 6.54 Å². The van der Waals surface area contributed by atoms with Crippen LogP contribution < -0.4 is 5.32 Å². The van der Waals surface area contributed by atoms with Gasteiger partial charge >= 0.3 is 0 Å². The second-order valence-corrected chi connectivity index (χ2v) is 4.52. The first-order valence-corrected chi connectivity index (χ1v) is 6.56. The number of nitrogens with one attached hydrogen (secondary N) is 1. The van der Waals surface area contributed by atoms with E-state index in [0.29, 0.717) is 25.4 Å². The van der Waals surface area contributed by atoms with Crippen LogP contribution in [-0.2, 0) is 9.47 Å². The first-order valence-electron chi connectivity index (χ1n) is 6.56. The Hall–Kier alpha value is -0.120. The normalized spacial score (nSPS) is 13.7. The fourth-order valence-electron chi connectivity index (χ4n) is 1.50. The summed E-state index contributed by atoms with van der Waals surface area (Å²) in [6, 6.07) is 0.623.